The lowest BCUT2D eigenvalue weighted by Crippen LogP contribution is -2.41. The first-order valence-electron chi connectivity index (χ1n) is 5.99. The van der Waals surface area contributed by atoms with Crippen LogP contribution in [0.5, 0.6) is 0 Å². The average molecular weight is 275 g/mol. The van der Waals surface area contributed by atoms with Gasteiger partial charge in [-0.3, -0.25) is 4.79 Å². The minimum absolute atomic E-state index is 0.179. The molecule has 0 spiro atoms. The molecule has 1 heterocycles. The predicted octanol–water partition coefficient (Wildman–Crippen LogP) is 2.70. The zero-order chi connectivity index (χ0) is 14.0. The lowest BCUT2D eigenvalue weighted by Gasteiger charge is -2.24. The largest absolute Gasteiger partial charge is 0.398 e. The number of anilines is 1. The first-order chi connectivity index (χ1) is 8.90. The van der Waals surface area contributed by atoms with Crippen LogP contribution in [0.25, 0.3) is 0 Å². The molecule has 0 aliphatic rings. The van der Waals surface area contributed by atoms with Gasteiger partial charge in [0.1, 0.15) is 5.01 Å². The van der Waals surface area contributed by atoms with Crippen molar-refractivity contribution in [2.75, 3.05) is 5.73 Å². The van der Waals surface area contributed by atoms with Gasteiger partial charge in [-0.05, 0) is 32.9 Å². The highest BCUT2D eigenvalue weighted by Crippen LogP contribution is 2.23. The summed E-state index contributed by atoms with van der Waals surface area (Å²) < 4.78 is 0. The zero-order valence-electron chi connectivity index (χ0n) is 11.2. The number of nitrogens with two attached hydrogens (primary N) is 1. The van der Waals surface area contributed by atoms with E-state index in [1.165, 1.54) is 11.3 Å². The Balaban J connectivity index is 2.24. The summed E-state index contributed by atoms with van der Waals surface area (Å²) in [6.45, 7) is 5.79. The normalized spacial score (nSPS) is 11.3. The standard InChI is InChI=1S/C14H17N3OS/c1-9-4-5-11(15)10(8-9)12(18)17-14(2,3)13-16-6-7-19-13/h4-8H,15H2,1-3H3,(H,17,18). The fourth-order valence-electron chi connectivity index (χ4n) is 1.80. The molecule has 19 heavy (non-hydrogen) atoms. The third kappa shape index (κ3) is 2.93. The molecule has 2 rings (SSSR count). The van der Waals surface area contributed by atoms with Gasteiger partial charge in [-0.2, -0.15) is 0 Å². The maximum atomic E-state index is 12.3. The van der Waals surface area contributed by atoms with Gasteiger partial charge in [0.05, 0.1) is 11.1 Å². The number of rotatable bonds is 3. The van der Waals surface area contributed by atoms with Crippen molar-refractivity contribution < 1.29 is 4.79 Å². The Morgan fingerprint density at radius 3 is 2.79 bits per heavy atom. The molecule has 3 N–H and O–H groups in total. The number of thiazole rings is 1. The van der Waals surface area contributed by atoms with Crippen molar-refractivity contribution >= 4 is 22.9 Å². The summed E-state index contributed by atoms with van der Waals surface area (Å²) >= 11 is 1.52. The van der Waals surface area contributed by atoms with E-state index in [-0.39, 0.29) is 5.91 Å². The minimum atomic E-state index is -0.512. The van der Waals surface area contributed by atoms with E-state index < -0.39 is 5.54 Å². The number of nitrogen functional groups attached to an aromatic ring is 1. The molecule has 2 aromatic rings. The average Bonchev–Trinajstić information content (AvgIpc) is 2.86. The third-order valence-electron chi connectivity index (χ3n) is 2.85. The maximum Gasteiger partial charge on any atom is 0.254 e. The van der Waals surface area contributed by atoms with Crippen molar-refractivity contribution in [2.24, 2.45) is 0 Å². The minimum Gasteiger partial charge on any atom is -0.398 e. The van der Waals surface area contributed by atoms with Crippen LogP contribution in [0.1, 0.15) is 34.8 Å². The van der Waals surface area contributed by atoms with Gasteiger partial charge < -0.3 is 11.1 Å². The molecule has 0 saturated carbocycles. The highest BCUT2D eigenvalue weighted by Gasteiger charge is 2.26. The van der Waals surface area contributed by atoms with Crippen LogP contribution in [-0.2, 0) is 5.54 Å². The molecule has 0 fully saturated rings. The summed E-state index contributed by atoms with van der Waals surface area (Å²) in [4.78, 5) is 16.6. The number of hydrogen-bond acceptors (Lipinski definition) is 4. The predicted molar refractivity (Wildman–Crippen MR) is 78.2 cm³/mol. The molecule has 5 heteroatoms. The second kappa shape index (κ2) is 5.01. The highest BCUT2D eigenvalue weighted by atomic mass is 32.1. The molecule has 0 bridgehead atoms. The van der Waals surface area contributed by atoms with Crippen molar-refractivity contribution in [3.05, 3.63) is 45.9 Å². The van der Waals surface area contributed by atoms with Crippen molar-refractivity contribution in [2.45, 2.75) is 26.3 Å². The van der Waals surface area contributed by atoms with Crippen LogP contribution < -0.4 is 11.1 Å². The molecule has 0 aliphatic carbocycles. The Labute approximate surface area is 116 Å². The Kier molecular flexibility index (Phi) is 3.57. The van der Waals surface area contributed by atoms with Gasteiger partial charge in [0.2, 0.25) is 0 Å². The Morgan fingerprint density at radius 1 is 1.42 bits per heavy atom. The van der Waals surface area contributed by atoms with E-state index in [0.29, 0.717) is 11.3 Å². The van der Waals surface area contributed by atoms with E-state index in [1.807, 2.05) is 32.2 Å². The molecule has 0 saturated heterocycles. The molecule has 0 aliphatic heterocycles. The summed E-state index contributed by atoms with van der Waals surface area (Å²) in [5, 5.41) is 5.73. The molecular formula is C14H17N3OS. The van der Waals surface area contributed by atoms with Crippen LogP contribution in [0, 0.1) is 6.92 Å². The molecule has 1 aromatic heterocycles. The summed E-state index contributed by atoms with van der Waals surface area (Å²) in [5.41, 5.74) is 7.34. The van der Waals surface area contributed by atoms with Gasteiger partial charge in [0, 0.05) is 17.3 Å². The first-order valence-corrected chi connectivity index (χ1v) is 6.87. The highest BCUT2D eigenvalue weighted by molar-refractivity contribution is 7.09. The number of carbonyl (C=O) groups excluding carboxylic acids is 1. The number of amides is 1. The van der Waals surface area contributed by atoms with Gasteiger partial charge in [0.25, 0.3) is 5.91 Å². The monoisotopic (exact) mass is 275 g/mol. The van der Waals surface area contributed by atoms with E-state index in [1.54, 1.807) is 18.3 Å². The molecule has 4 nitrogen and oxygen atoms in total. The van der Waals surface area contributed by atoms with Crippen LogP contribution in [-0.4, -0.2) is 10.9 Å². The fraction of sp³-hybridized carbons (Fsp3) is 0.286. The zero-order valence-corrected chi connectivity index (χ0v) is 12.0. The van der Waals surface area contributed by atoms with Crippen molar-refractivity contribution in [1.82, 2.24) is 10.3 Å². The van der Waals surface area contributed by atoms with Crippen molar-refractivity contribution in [1.29, 1.82) is 0 Å². The van der Waals surface area contributed by atoms with E-state index in [2.05, 4.69) is 10.3 Å². The lowest BCUT2D eigenvalue weighted by atomic mass is 10.0. The van der Waals surface area contributed by atoms with Gasteiger partial charge in [-0.15, -0.1) is 11.3 Å². The number of hydrogen-bond donors (Lipinski definition) is 2. The number of benzene rings is 1. The Morgan fingerprint density at radius 2 is 2.16 bits per heavy atom. The van der Waals surface area contributed by atoms with Gasteiger partial charge in [-0.25, -0.2) is 4.98 Å². The maximum absolute atomic E-state index is 12.3. The Hall–Kier alpha value is -1.88. The van der Waals surface area contributed by atoms with Crippen LogP contribution in [0.4, 0.5) is 5.69 Å². The summed E-state index contributed by atoms with van der Waals surface area (Å²) in [7, 11) is 0. The fourth-order valence-corrected chi connectivity index (χ4v) is 2.52. The van der Waals surface area contributed by atoms with Gasteiger partial charge in [0.15, 0.2) is 0 Å². The van der Waals surface area contributed by atoms with Crippen LogP contribution in [0.3, 0.4) is 0 Å². The number of nitrogens with zero attached hydrogens (tertiary/aromatic N) is 1. The summed E-state index contributed by atoms with van der Waals surface area (Å²) in [6, 6.07) is 5.43. The lowest BCUT2D eigenvalue weighted by molar-refractivity contribution is 0.0913. The SMILES string of the molecule is Cc1ccc(N)c(C(=O)NC(C)(C)c2nccs2)c1. The molecule has 0 atom stereocenters. The topological polar surface area (TPSA) is 68.0 Å². The van der Waals surface area contributed by atoms with Crippen LogP contribution in [0.15, 0.2) is 29.8 Å². The number of nitrogens with one attached hydrogen (secondary N) is 1. The van der Waals surface area contributed by atoms with Crippen LogP contribution >= 0.6 is 11.3 Å². The number of aromatic nitrogens is 1. The van der Waals surface area contributed by atoms with E-state index in [0.717, 1.165) is 10.6 Å². The summed E-state index contributed by atoms with van der Waals surface area (Å²) in [6.07, 6.45) is 1.73. The van der Waals surface area contributed by atoms with Crippen molar-refractivity contribution in [3.8, 4) is 0 Å². The van der Waals surface area contributed by atoms with Crippen molar-refractivity contribution in [3.63, 3.8) is 0 Å². The molecule has 0 unspecified atom stereocenters. The molecular weight excluding hydrogens is 258 g/mol. The Bertz CT molecular complexity index is 591. The first kappa shape index (κ1) is 13.5. The summed E-state index contributed by atoms with van der Waals surface area (Å²) in [5.74, 6) is -0.179. The van der Waals surface area contributed by atoms with Gasteiger partial charge >= 0.3 is 0 Å². The molecule has 100 valence electrons. The number of carbonyl (C=O) groups is 1. The van der Waals surface area contributed by atoms with Crippen LogP contribution in [0.2, 0.25) is 0 Å². The van der Waals surface area contributed by atoms with E-state index in [4.69, 9.17) is 5.73 Å². The van der Waals surface area contributed by atoms with E-state index in [9.17, 15) is 4.79 Å². The quantitative estimate of drug-likeness (QED) is 0.846. The second-order valence-electron chi connectivity index (χ2n) is 5.01. The molecule has 1 amide bonds. The number of aryl methyl sites for hydroxylation is 1. The smallest absolute Gasteiger partial charge is 0.254 e. The second-order valence-corrected chi connectivity index (χ2v) is 5.90. The van der Waals surface area contributed by atoms with Gasteiger partial charge in [-0.1, -0.05) is 11.6 Å². The van der Waals surface area contributed by atoms with E-state index >= 15 is 0 Å². The molecule has 0 radical (unpaired) electrons. The molecule has 1 aromatic carbocycles. The third-order valence-corrected chi connectivity index (χ3v) is 3.94.